The number of carbonyl (C=O) groups is 1. The molecule has 0 fully saturated rings. The maximum atomic E-state index is 12.0. The van der Waals surface area contributed by atoms with Crippen molar-refractivity contribution in [3.8, 4) is 11.5 Å². The summed E-state index contributed by atoms with van der Waals surface area (Å²) >= 11 is 0. The van der Waals surface area contributed by atoms with E-state index in [0.29, 0.717) is 0 Å². The first kappa shape index (κ1) is 14.8. The average molecular weight is 308 g/mol. The predicted octanol–water partition coefficient (Wildman–Crippen LogP) is 0.998. The van der Waals surface area contributed by atoms with E-state index in [1.54, 1.807) is 0 Å². The molecular weight excluding hydrogens is 296 g/mol. The van der Waals surface area contributed by atoms with Crippen molar-refractivity contribution in [1.82, 2.24) is 0 Å². The molecule has 110 valence electrons. The number of amides is 1. The largest absolute Gasteiger partial charge is 0.504 e. The molecular formula is C13H12N2O5S. The number of aromatic hydroxyl groups is 2. The highest BCUT2D eigenvalue weighted by atomic mass is 32.2. The molecule has 2 aromatic rings. The number of hydrogen-bond donors (Lipinski definition) is 4. The molecule has 7 nitrogen and oxygen atoms in total. The summed E-state index contributed by atoms with van der Waals surface area (Å²) < 4.78 is 22.5. The Morgan fingerprint density at radius 3 is 2.43 bits per heavy atom. The fourth-order valence-electron chi connectivity index (χ4n) is 1.66. The Balaban J connectivity index is 2.30. The van der Waals surface area contributed by atoms with Gasteiger partial charge in [-0.2, -0.15) is 0 Å². The summed E-state index contributed by atoms with van der Waals surface area (Å²) in [6.07, 6.45) is 0. The number of primary sulfonamides is 1. The zero-order valence-electron chi connectivity index (χ0n) is 10.6. The number of nitrogens with one attached hydrogen (secondary N) is 1. The van der Waals surface area contributed by atoms with Crippen LogP contribution in [0.2, 0.25) is 0 Å². The van der Waals surface area contributed by atoms with Crippen LogP contribution in [0.5, 0.6) is 11.5 Å². The summed E-state index contributed by atoms with van der Waals surface area (Å²) in [5, 5.41) is 26.3. The van der Waals surface area contributed by atoms with E-state index in [4.69, 9.17) is 5.14 Å². The van der Waals surface area contributed by atoms with Crippen molar-refractivity contribution >= 4 is 21.6 Å². The number of phenols is 2. The second kappa shape index (κ2) is 5.43. The van der Waals surface area contributed by atoms with Crippen LogP contribution in [0, 0.1) is 0 Å². The molecule has 1 amide bonds. The van der Waals surface area contributed by atoms with Crippen LogP contribution in [0.4, 0.5) is 5.69 Å². The number of sulfonamides is 1. The van der Waals surface area contributed by atoms with Gasteiger partial charge in [-0.15, -0.1) is 0 Å². The topological polar surface area (TPSA) is 130 Å². The van der Waals surface area contributed by atoms with Gasteiger partial charge >= 0.3 is 0 Å². The monoisotopic (exact) mass is 308 g/mol. The van der Waals surface area contributed by atoms with Crippen molar-refractivity contribution in [3.05, 3.63) is 48.0 Å². The molecule has 0 atom stereocenters. The van der Waals surface area contributed by atoms with Gasteiger partial charge in [-0.1, -0.05) is 12.1 Å². The standard InChI is InChI=1S/C13H12N2O5S/c14-21(19,20)9-4-1-3-8(7-9)15-13(18)10-5-2-6-11(16)12(10)17/h1-7,16-17H,(H,15,18)(H2,14,19,20). The Labute approximate surface area is 120 Å². The molecule has 2 rings (SSSR count). The van der Waals surface area contributed by atoms with Crippen molar-refractivity contribution in [2.24, 2.45) is 5.14 Å². The first-order chi connectivity index (χ1) is 9.79. The third kappa shape index (κ3) is 3.30. The molecule has 0 aromatic heterocycles. The maximum Gasteiger partial charge on any atom is 0.259 e. The van der Waals surface area contributed by atoms with Gasteiger partial charge in [-0.3, -0.25) is 4.79 Å². The predicted molar refractivity (Wildman–Crippen MR) is 75.5 cm³/mol. The van der Waals surface area contributed by atoms with E-state index in [0.717, 1.165) is 0 Å². The second-order valence-electron chi connectivity index (χ2n) is 4.20. The minimum Gasteiger partial charge on any atom is -0.504 e. The number of para-hydroxylation sites is 1. The molecule has 2 aromatic carbocycles. The van der Waals surface area contributed by atoms with Crippen LogP contribution < -0.4 is 10.5 Å². The summed E-state index contributed by atoms with van der Waals surface area (Å²) in [4.78, 5) is 11.8. The van der Waals surface area contributed by atoms with Gasteiger partial charge in [0.25, 0.3) is 5.91 Å². The first-order valence-corrected chi connectivity index (χ1v) is 7.29. The second-order valence-corrected chi connectivity index (χ2v) is 5.76. The zero-order valence-corrected chi connectivity index (χ0v) is 11.5. The molecule has 0 heterocycles. The van der Waals surface area contributed by atoms with Crippen molar-refractivity contribution in [3.63, 3.8) is 0 Å². The van der Waals surface area contributed by atoms with Gasteiger partial charge < -0.3 is 15.5 Å². The number of benzene rings is 2. The van der Waals surface area contributed by atoms with Gasteiger partial charge in [0.1, 0.15) is 0 Å². The number of anilines is 1. The van der Waals surface area contributed by atoms with Crippen molar-refractivity contribution < 1.29 is 23.4 Å². The Morgan fingerprint density at radius 2 is 1.76 bits per heavy atom. The lowest BCUT2D eigenvalue weighted by atomic mass is 10.1. The van der Waals surface area contributed by atoms with Gasteiger partial charge in [0.05, 0.1) is 10.5 Å². The lowest BCUT2D eigenvalue weighted by molar-refractivity contribution is 0.102. The van der Waals surface area contributed by atoms with Crippen LogP contribution in [-0.2, 0) is 10.0 Å². The minimum absolute atomic E-state index is 0.143. The molecule has 0 bridgehead atoms. The van der Waals surface area contributed by atoms with Crippen LogP contribution >= 0.6 is 0 Å². The molecule has 0 saturated heterocycles. The van der Waals surface area contributed by atoms with Crippen molar-refractivity contribution in [1.29, 1.82) is 0 Å². The Morgan fingerprint density at radius 1 is 1.10 bits per heavy atom. The minimum atomic E-state index is -3.88. The van der Waals surface area contributed by atoms with E-state index >= 15 is 0 Å². The normalized spacial score (nSPS) is 11.1. The summed E-state index contributed by atoms with van der Waals surface area (Å²) in [6, 6.07) is 9.29. The van der Waals surface area contributed by atoms with Gasteiger partial charge in [0, 0.05) is 5.69 Å². The quantitative estimate of drug-likeness (QED) is 0.628. The molecule has 21 heavy (non-hydrogen) atoms. The van der Waals surface area contributed by atoms with Crippen molar-refractivity contribution in [2.45, 2.75) is 4.90 Å². The Kier molecular flexibility index (Phi) is 3.83. The highest BCUT2D eigenvalue weighted by Gasteiger charge is 2.15. The maximum absolute atomic E-state index is 12.0. The fraction of sp³-hybridized carbons (Fsp3) is 0. The SMILES string of the molecule is NS(=O)(=O)c1cccc(NC(=O)c2cccc(O)c2O)c1. The molecule has 8 heteroatoms. The molecule has 5 N–H and O–H groups in total. The molecule has 0 unspecified atom stereocenters. The summed E-state index contributed by atoms with van der Waals surface area (Å²) in [5.41, 5.74) is 0.0466. The molecule has 0 spiro atoms. The highest BCUT2D eigenvalue weighted by molar-refractivity contribution is 7.89. The summed E-state index contributed by atoms with van der Waals surface area (Å²) in [5.74, 6) is -1.69. The Bertz CT molecular complexity index is 802. The van der Waals surface area contributed by atoms with Crippen molar-refractivity contribution in [2.75, 3.05) is 5.32 Å². The third-order valence-corrected chi connectivity index (χ3v) is 3.59. The zero-order chi connectivity index (χ0) is 15.6. The molecule has 0 aliphatic rings. The molecule has 0 saturated carbocycles. The molecule has 0 aliphatic carbocycles. The van der Waals surface area contributed by atoms with Crippen LogP contribution in [0.15, 0.2) is 47.4 Å². The lowest BCUT2D eigenvalue weighted by Gasteiger charge is -2.08. The van der Waals surface area contributed by atoms with E-state index in [1.165, 1.54) is 42.5 Å². The lowest BCUT2D eigenvalue weighted by Crippen LogP contribution is -2.15. The number of phenolic OH excluding ortho intramolecular Hbond substituents is 2. The molecule has 0 aliphatic heterocycles. The van der Waals surface area contributed by atoms with Crippen LogP contribution in [0.1, 0.15) is 10.4 Å². The molecule has 0 radical (unpaired) electrons. The van der Waals surface area contributed by atoms with Gasteiger partial charge in [0.2, 0.25) is 10.0 Å². The number of carbonyl (C=O) groups excluding carboxylic acids is 1. The average Bonchev–Trinajstić information content (AvgIpc) is 2.41. The van der Waals surface area contributed by atoms with E-state index in [9.17, 15) is 23.4 Å². The van der Waals surface area contributed by atoms with E-state index in [-0.39, 0.29) is 16.1 Å². The summed E-state index contributed by atoms with van der Waals surface area (Å²) in [7, 11) is -3.88. The number of hydrogen-bond acceptors (Lipinski definition) is 5. The Hall–Kier alpha value is -2.58. The fourth-order valence-corrected chi connectivity index (χ4v) is 2.22. The van der Waals surface area contributed by atoms with Crippen LogP contribution in [0.25, 0.3) is 0 Å². The summed E-state index contributed by atoms with van der Waals surface area (Å²) in [6.45, 7) is 0. The first-order valence-electron chi connectivity index (χ1n) is 5.74. The number of rotatable bonds is 3. The van der Waals surface area contributed by atoms with Crippen LogP contribution in [-0.4, -0.2) is 24.5 Å². The van der Waals surface area contributed by atoms with Crippen LogP contribution in [0.3, 0.4) is 0 Å². The van der Waals surface area contributed by atoms with E-state index < -0.39 is 27.4 Å². The van der Waals surface area contributed by atoms with E-state index in [2.05, 4.69) is 5.32 Å². The van der Waals surface area contributed by atoms with E-state index in [1.807, 2.05) is 0 Å². The number of nitrogens with two attached hydrogens (primary N) is 1. The highest BCUT2D eigenvalue weighted by Crippen LogP contribution is 2.28. The van der Waals surface area contributed by atoms with Gasteiger partial charge in [0.15, 0.2) is 11.5 Å². The third-order valence-electron chi connectivity index (χ3n) is 2.68. The smallest absolute Gasteiger partial charge is 0.259 e. The van der Waals surface area contributed by atoms with Gasteiger partial charge in [-0.25, -0.2) is 13.6 Å². The van der Waals surface area contributed by atoms with Gasteiger partial charge in [-0.05, 0) is 30.3 Å².